The van der Waals surface area contributed by atoms with Gasteiger partial charge >= 0.3 is 5.97 Å². The largest absolute Gasteiger partial charge is 0.477 e. The van der Waals surface area contributed by atoms with E-state index in [2.05, 4.69) is 10.9 Å². The molecular formula is C5H11N2O3+. The van der Waals surface area contributed by atoms with Gasteiger partial charge in [0.1, 0.15) is 0 Å². The molecule has 0 aromatic heterocycles. The molecule has 0 atom stereocenters. The number of carboxylic acid groups (broad SMARTS) is 1. The number of hydrogen-bond donors (Lipinski definition) is 3. The van der Waals surface area contributed by atoms with Crippen LogP contribution in [0.15, 0.2) is 5.16 Å². The van der Waals surface area contributed by atoms with Crippen LogP contribution in [0.2, 0.25) is 0 Å². The molecule has 0 aliphatic carbocycles. The van der Waals surface area contributed by atoms with Gasteiger partial charge in [-0.25, -0.2) is 4.79 Å². The SMILES string of the molecule is [NH3+]CCC/C(=N\O)C(=O)O. The Kier molecular flexibility index (Phi) is 4.23. The Balaban J connectivity index is 3.74. The van der Waals surface area contributed by atoms with E-state index in [-0.39, 0.29) is 12.1 Å². The summed E-state index contributed by atoms with van der Waals surface area (Å²) in [6.45, 7) is 0.645. The first-order chi connectivity index (χ1) is 4.72. The van der Waals surface area contributed by atoms with Crippen LogP contribution in [-0.4, -0.2) is 28.5 Å². The number of rotatable bonds is 4. The van der Waals surface area contributed by atoms with Crippen molar-refractivity contribution >= 4 is 11.7 Å². The van der Waals surface area contributed by atoms with Crippen LogP contribution in [0.1, 0.15) is 12.8 Å². The molecule has 0 radical (unpaired) electrons. The van der Waals surface area contributed by atoms with Gasteiger partial charge in [0.15, 0.2) is 5.71 Å². The first-order valence-electron chi connectivity index (χ1n) is 2.95. The Morgan fingerprint density at radius 3 is 2.50 bits per heavy atom. The second-order valence-electron chi connectivity index (χ2n) is 1.81. The fraction of sp³-hybridized carbons (Fsp3) is 0.600. The lowest BCUT2D eigenvalue weighted by Gasteiger charge is -1.93. The van der Waals surface area contributed by atoms with Gasteiger partial charge in [0.05, 0.1) is 6.54 Å². The fourth-order valence-corrected chi connectivity index (χ4v) is 0.492. The lowest BCUT2D eigenvalue weighted by Crippen LogP contribution is -2.50. The number of hydrogen-bond acceptors (Lipinski definition) is 3. The molecule has 5 heteroatoms. The second kappa shape index (κ2) is 4.75. The van der Waals surface area contributed by atoms with Crippen molar-refractivity contribution in [1.82, 2.24) is 0 Å². The first kappa shape index (κ1) is 8.90. The molecule has 0 fully saturated rings. The molecule has 0 aliphatic rings. The minimum Gasteiger partial charge on any atom is -0.477 e. The molecule has 0 aromatic rings. The van der Waals surface area contributed by atoms with E-state index < -0.39 is 5.97 Å². The predicted molar refractivity (Wildman–Crippen MR) is 33.8 cm³/mol. The van der Waals surface area contributed by atoms with Crippen LogP contribution >= 0.6 is 0 Å². The van der Waals surface area contributed by atoms with Gasteiger partial charge < -0.3 is 16.0 Å². The number of aliphatic carboxylic acids is 1. The minimum absolute atomic E-state index is 0.205. The zero-order valence-electron chi connectivity index (χ0n) is 5.58. The molecule has 0 rings (SSSR count). The topological polar surface area (TPSA) is 97.5 Å². The van der Waals surface area contributed by atoms with Gasteiger partial charge in [-0.05, 0) is 0 Å². The number of nitrogens with zero attached hydrogens (tertiary/aromatic N) is 1. The Hall–Kier alpha value is -1.10. The molecule has 0 aromatic carbocycles. The maximum atomic E-state index is 10.1. The van der Waals surface area contributed by atoms with E-state index in [4.69, 9.17) is 10.3 Å². The van der Waals surface area contributed by atoms with Crippen LogP contribution in [0, 0.1) is 0 Å². The zero-order chi connectivity index (χ0) is 7.98. The van der Waals surface area contributed by atoms with Crippen LogP contribution in [0.25, 0.3) is 0 Å². The Labute approximate surface area is 58.1 Å². The van der Waals surface area contributed by atoms with Crippen molar-refractivity contribution in [3.05, 3.63) is 0 Å². The number of carboxylic acids is 1. The molecule has 0 saturated carbocycles. The second-order valence-corrected chi connectivity index (χ2v) is 1.81. The van der Waals surface area contributed by atoms with Crippen molar-refractivity contribution in [2.24, 2.45) is 5.16 Å². The molecule has 0 unspecified atom stereocenters. The molecule has 0 amide bonds. The van der Waals surface area contributed by atoms with E-state index in [1.807, 2.05) is 0 Å². The van der Waals surface area contributed by atoms with Crippen LogP contribution in [0.3, 0.4) is 0 Å². The summed E-state index contributed by atoms with van der Waals surface area (Å²) in [7, 11) is 0. The lowest BCUT2D eigenvalue weighted by molar-refractivity contribution is -0.367. The Bertz CT molecular complexity index is 144. The third-order valence-corrected chi connectivity index (χ3v) is 1.03. The monoisotopic (exact) mass is 147 g/mol. The van der Waals surface area contributed by atoms with E-state index in [0.717, 1.165) is 0 Å². The van der Waals surface area contributed by atoms with E-state index in [1.54, 1.807) is 0 Å². The smallest absolute Gasteiger partial charge is 0.353 e. The van der Waals surface area contributed by atoms with Crippen LogP contribution < -0.4 is 5.73 Å². The summed E-state index contributed by atoms with van der Waals surface area (Å²) in [5, 5.41) is 19.0. The van der Waals surface area contributed by atoms with E-state index >= 15 is 0 Å². The number of quaternary nitrogens is 1. The highest BCUT2D eigenvalue weighted by Gasteiger charge is 2.08. The molecule has 5 nitrogen and oxygen atoms in total. The third-order valence-electron chi connectivity index (χ3n) is 1.03. The average Bonchev–Trinajstić information content (AvgIpc) is 1.89. The summed E-state index contributed by atoms with van der Waals surface area (Å²) in [4.78, 5) is 10.1. The normalized spacial score (nSPS) is 11.5. The fourth-order valence-electron chi connectivity index (χ4n) is 0.492. The molecule has 0 aliphatic heterocycles. The molecule has 0 saturated heterocycles. The third kappa shape index (κ3) is 3.03. The van der Waals surface area contributed by atoms with Crippen molar-refractivity contribution in [1.29, 1.82) is 0 Å². The predicted octanol–water partition coefficient (Wildman–Crippen LogP) is -1.08. The summed E-state index contributed by atoms with van der Waals surface area (Å²) in [5.74, 6) is -1.17. The van der Waals surface area contributed by atoms with E-state index in [1.165, 1.54) is 0 Å². The highest BCUT2D eigenvalue weighted by molar-refractivity contribution is 6.35. The highest BCUT2D eigenvalue weighted by atomic mass is 16.4. The molecule has 10 heavy (non-hydrogen) atoms. The van der Waals surface area contributed by atoms with Crippen molar-refractivity contribution < 1.29 is 20.8 Å². The lowest BCUT2D eigenvalue weighted by atomic mass is 10.2. The van der Waals surface area contributed by atoms with Crippen molar-refractivity contribution in [3.8, 4) is 0 Å². The van der Waals surface area contributed by atoms with Gasteiger partial charge in [0, 0.05) is 12.8 Å². The maximum Gasteiger partial charge on any atom is 0.353 e. The molecular weight excluding hydrogens is 136 g/mol. The first-order valence-corrected chi connectivity index (χ1v) is 2.95. The molecule has 58 valence electrons. The van der Waals surface area contributed by atoms with Crippen LogP contribution in [0.5, 0.6) is 0 Å². The maximum absolute atomic E-state index is 10.1. The summed E-state index contributed by atoms with van der Waals surface area (Å²) in [5.41, 5.74) is 3.32. The van der Waals surface area contributed by atoms with Crippen molar-refractivity contribution in [2.45, 2.75) is 12.8 Å². The van der Waals surface area contributed by atoms with Crippen molar-refractivity contribution in [3.63, 3.8) is 0 Å². The highest BCUT2D eigenvalue weighted by Crippen LogP contribution is 1.90. The summed E-state index contributed by atoms with van der Waals surface area (Å²) in [6, 6.07) is 0. The van der Waals surface area contributed by atoms with Gasteiger partial charge in [0.25, 0.3) is 0 Å². The molecule has 0 bridgehead atoms. The van der Waals surface area contributed by atoms with Gasteiger partial charge in [-0.15, -0.1) is 0 Å². The van der Waals surface area contributed by atoms with Crippen molar-refractivity contribution in [2.75, 3.05) is 6.54 Å². The Morgan fingerprint density at radius 1 is 1.60 bits per heavy atom. The summed E-state index contributed by atoms with van der Waals surface area (Å²) in [6.07, 6.45) is 0.904. The van der Waals surface area contributed by atoms with Gasteiger partial charge in [-0.1, -0.05) is 5.16 Å². The molecule has 0 heterocycles. The number of carbonyl (C=O) groups is 1. The average molecular weight is 147 g/mol. The summed E-state index contributed by atoms with van der Waals surface area (Å²) < 4.78 is 0. The van der Waals surface area contributed by atoms with Gasteiger partial charge in [-0.3, -0.25) is 0 Å². The number of oxime groups is 1. The standard InChI is InChI=1S/C5H10N2O3/c6-3-1-2-4(7-10)5(8)9/h10H,1-3,6H2,(H,8,9)/p+1/b7-4+. The van der Waals surface area contributed by atoms with Crippen LogP contribution in [-0.2, 0) is 4.79 Å². The van der Waals surface area contributed by atoms with E-state index in [9.17, 15) is 4.79 Å². The molecule has 5 N–H and O–H groups in total. The van der Waals surface area contributed by atoms with Gasteiger partial charge in [-0.2, -0.15) is 0 Å². The quantitative estimate of drug-likeness (QED) is 0.268. The Morgan fingerprint density at radius 2 is 2.20 bits per heavy atom. The minimum atomic E-state index is -1.17. The summed E-state index contributed by atoms with van der Waals surface area (Å²) >= 11 is 0. The zero-order valence-corrected chi connectivity index (χ0v) is 5.58. The van der Waals surface area contributed by atoms with E-state index in [0.29, 0.717) is 13.0 Å². The van der Waals surface area contributed by atoms with Crippen LogP contribution in [0.4, 0.5) is 0 Å². The molecule has 0 spiro atoms. The van der Waals surface area contributed by atoms with Gasteiger partial charge in [0.2, 0.25) is 0 Å².